The first-order chi connectivity index (χ1) is 2.41. The molecule has 0 aromatic carbocycles. The Morgan fingerprint density at radius 1 is 2.00 bits per heavy atom. The van der Waals surface area contributed by atoms with Gasteiger partial charge in [0.2, 0.25) is 0 Å². The Hall–Kier alpha value is -0.0200. The van der Waals surface area contributed by atoms with Gasteiger partial charge in [-0.15, -0.1) is 0 Å². The number of hydrogen-bond donors (Lipinski definition) is 1. The smallest absolute Gasteiger partial charge is 0.276 e. The Labute approximate surface area is 35.1 Å². The maximum absolute atomic E-state index is 9.18. The van der Waals surface area contributed by atoms with Crippen molar-refractivity contribution in [2.75, 3.05) is 7.05 Å². The number of nitrogens with one attached hydrogen (secondary N) is 1. The minimum Gasteiger partial charge on any atom is -0.276 e. The second-order valence-electron chi connectivity index (χ2n) is 0.390. The number of rotatable bonds is 2. The van der Waals surface area contributed by atoms with Crippen LogP contribution in [0, 0.1) is 0 Å². The van der Waals surface area contributed by atoms with Gasteiger partial charge < -0.3 is 0 Å². The molecule has 1 N–H and O–H groups in total. The van der Waals surface area contributed by atoms with Crippen LogP contribution < -0.4 is 4.72 Å². The molecule has 0 aliphatic heterocycles. The van der Waals surface area contributed by atoms with Gasteiger partial charge in [0.25, 0.3) is 5.62 Å². The summed E-state index contributed by atoms with van der Waals surface area (Å²) in [5, 5.41) is 0. The van der Waals surface area contributed by atoms with Gasteiger partial charge in [0.05, 0.1) is 0 Å². The van der Waals surface area contributed by atoms with Crippen LogP contribution >= 0.6 is 11.9 Å². The molecular formula is C2H4NOS. The molecule has 1 radical (unpaired) electrons. The number of hydrogen-bond acceptors (Lipinski definition) is 3. The van der Waals surface area contributed by atoms with Gasteiger partial charge in [-0.05, 0) is 7.05 Å². The highest BCUT2D eigenvalue weighted by Gasteiger charge is 1.66. The molecule has 0 aliphatic rings. The molecule has 0 atom stereocenters. The lowest BCUT2D eigenvalue weighted by Gasteiger charge is -1.73. The van der Waals surface area contributed by atoms with Crippen LogP contribution in [0.15, 0.2) is 0 Å². The first kappa shape index (κ1) is 4.98. The molecule has 0 rings (SSSR count). The van der Waals surface area contributed by atoms with Crippen molar-refractivity contribution in [2.24, 2.45) is 0 Å². The normalized spacial score (nSPS) is 7.40. The fraction of sp³-hybridized carbons (Fsp3) is 0.500. The van der Waals surface area contributed by atoms with Crippen LogP contribution in [0.3, 0.4) is 0 Å². The Balaban J connectivity index is 2.40. The average molecular weight is 90.1 g/mol. The summed E-state index contributed by atoms with van der Waals surface area (Å²) < 4.78 is 2.51. The second-order valence-corrected chi connectivity index (χ2v) is 1.17. The standard InChI is InChI=1S/C2H4NOS/c1-3-5-2-4/h3H,1H3. The first-order valence-electron chi connectivity index (χ1n) is 1.11. The summed E-state index contributed by atoms with van der Waals surface area (Å²) in [4.78, 5) is 9.18. The molecule has 0 aliphatic carbocycles. The lowest BCUT2D eigenvalue weighted by Crippen LogP contribution is -1.87. The van der Waals surface area contributed by atoms with Crippen LogP contribution in [0.1, 0.15) is 0 Å². The zero-order valence-corrected chi connectivity index (χ0v) is 3.63. The van der Waals surface area contributed by atoms with Gasteiger partial charge in [0.1, 0.15) is 0 Å². The third-order valence-electron chi connectivity index (χ3n) is 0.144. The lowest BCUT2D eigenvalue weighted by molar-refractivity contribution is 0.570. The molecular weight excluding hydrogens is 86.1 g/mol. The third-order valence-corrected chi connectivity index (χ3v) is 0.431. The van der Waals surface area contributed by atoms with Crippen molar-refractivity contribution in [3.8, 4) is 0 Å². The van der Waals surface area contributed by atoms with E-state index in [0.29, 0.717) is 0 Å². The van der Waals surface area contributed by atoms with E-state index in [1.165, 1.54) is 0 Å². The Kier molecular flexibility index (Phi) is 3.96. The van der Waals surface area contributed by atoms with Gasteiger partial charge in [-0.25, -0.2) is 0 Å². The summed E-state index contributed by atoms with van der Waals surface area (Å²) in [5.41, 5.74) is 1.57. The van der Waals surface area contributed by atoms with Crippen LogP contribution in [-0.4, -0.2) is 12.7 Å². The summed E-state index contributed by atoms with van der Waals surface area (Å²) in [6, 6.07) is 0. The average Bonchev–Trinajstić information content (AvgIpc) is 1.41. The van der Waals surface area contributed by atoms with Gasteiger partial charge in [-0.1, -0.05) is 0 Å². The van der Waals surface area contributed by atoms with Gasteiger partial charge in [-0.3, -0.25) is 9.52 Å². The van der Waals surface area contributed by atoms with E-state index in [2.05, 4.69) is 4.72 Å². The van der Waals surface area contributed by atoms with Crippen LogP contribution in [0.5, 0.6) is 0 Å². The summed E-state index contributed by atoms with van der Waals surface area (Å²) >= 11 is 0.907. The van der Waals surface area contributed by atoms with Gasteiger partial charge >= 0.3 is 0 Å². The highest BCUT2D eigenvalue weighted by Crippen LogP contribution is 1.74. The largest absolute Gasteiger partial charge is 0.282 e. The minimum absolute atomic E-state index is 0.907. The van der Waals surface area contributed by atoms with Crippen molar-refractivity contribution in [3.63, 3.8) is 0 Å². The van der Waals surface area contributed by atoms with E-state index in [4.69, 9.17) is 0 Å². The van der Waals surface area contributed by atoms with Crippen molar-refractivity contribution >= 4 is 17.6 Å². The van der Waals surface area contributed by atoms with E-state index < -0.39 is 0 Å². The molecule has 5 heavy (non-hydrogen) atoms. The van der Waals surface area contributed by atoms with Crippen molar-refractivity contribution in [1.82, 2.24) is 4.72 Å². The third kappa shape index (κ3) is 3.98. The second kappa shape index (κ2) is 3.98. The molecule has 0 saturated carbocycles. The molecule has 0 unspecified atom stereocenters. The molecule has 0 saturated heterocycles. The van der Waals surface area contributed by atoms with E-state index in [9.17, 15) is 4.79 Å². The highest BCUT2D eigenvalue weighted by molar-refractivity contribution is 8.10. The molecule has 29 valence electrons. The van der Waals surface area contributed by atoms with Crippen molar-refractivity contribution in [3.05, 3.63) is 0 Å². The molecule has 0 aromatic heterocycles. The van der Waals surface area contributed by atoms with Crippen molar-refractivity contribution in [2.45, 2.75) is 0 Å². The quantitative estimate of drug-likeness (QED) is 0.481. The maximum Gasteiger partial charge on any atom is 0.282 e. The Bertz CT molecular complexity index is 30.8. The van der Waals surface area contributed by atoms with Crippen LogP contribution in [-0.2, 0) is 4.79 Å². The van der Waals surface area contributed by atoms with Crippen LogP contribution in [0.4, 0.5) is 0 Å². The van der Waals surface area contributed by atoms with E-state index in [1.807, 2.05) is 0 Å². The lowest BCUT2D eigenvalue weighted by atomic mass is 11.6. The molecule has 0 bridgehead atoms. The van der Waals surface area contributed by atoms with Gasteiger partial charge in [0, 0.05) is 11.9 Å². The molecule has 0 fully saturated rings. The van der Waals surface area contributed by atoms with Crippen molar-refractivity contribution in [1.29, 1.82) is 0 Å². The molecule has 0 heterocycles. The molecule has 2 nitrogen and oxygen atoms in total. The fourth-order valence-electron chi connectivity index (χ4n) is 0.0417. The summed E-state index contributed by atoms with van der Waals surface area (Å²) in [5.74, 6) is 0. The Morgan fingerprint density at radius 3 is 2.60 bits per heavy atom. The van der Waals surface area contributed by atoms with E-state index >= 15 is 0 Å². The minimum atomic E-state index is 0.907. The predicted molar refractivity (Wildman–Crippen MR) is 22.3 cm³/mol. The first-order valence-corrected chi connectivity index (χ1v) is 1.93. The monoisotopic (exact) mass is 90.0 g/mol. The molecule has 0 amide bonds. The fourth-order valence-corrected chi connectivity index (χ4v) is 0.125. The van der Waals surface area contributed by atoms with Gasteiger partial charge in [0.15, 0.2) is 0 Å². The summed E-state index contributed by atoms with van der Waals surface area (Å²) in [6.07, 6.45) is 0. The van der Waals surface area contributed by atoms with E-state index in [0.717, 1.165) is 11.9 Å². The molecule has 3 heteroatoms. The van der Waals surface area contributed by atoms with Crippen molar-refractivity contribution < 1.29 is 4.79 Å². The van der Waals surface area contributed by atoms with Crippen LogP contribution in [0.2, 0.25) is 0 Å². The topological polar surface area (TPSA) is 29.1 Å². The summed E-state index contributed by atoms with van der Waals surface area (Å²) in [6.45, 7) is 0. The van der Waals surface area contributed by atoms with E-state index in [-0.39, 0.29) is 0 Å². The zero-order chi connectivity index (χ0) is 4.12. The summed E-state index contributed by atoms with van der Waals surface area (Å²) in [7, 11) is 1.66. The number of carbonyl (C=O) groups excluding carboxylic acids is 1. The SMILES string of the molecule is CNS[C]=O. The molecule has 0 aromatic rings. The van der Waals surface area contributed by atoms with Gasteiger partial charge in [-0.2, -0.15) is 0 Å². The van der Waals surface area contributed by atoms with Crippen LogP contribution in [0.25, 0.3) is 0 Å². The Morgan fingerprint density at radius 2 is 2.60 bits per heavy atom. The highest BCUT2D eigenvalue weighted by atomic mass is 32.2. The predicted octanol–water partition coefficient (Wildman–Crippen LogP) is -0.0788. The van der Waals surface area contributed by atoms with E-state index in [1.54, 1.807) is 12.7 Å². The maximum atomic E-state index is 9.18. The molecule has 0 spiro atoms. The zero-order valence-electron chi connectivity index (χ0n) is 2.82.